The van der Waals surface area contributed by atoms with E-state index in [2.05, 4.69) is 20.9 Å². The van der Waals surface area contributed by atoms with Crippen molar-refractivity contribution >= 4 is 45.2 Å². The van der Waals surface area contributed by atoms with E-state index in [1.165, 1.54) is 11.3 Å². The van der Waals surface area contributed by atoms with Crippen LogP contribution in [0.2, 0.25) is 0 Å². The summed E-state index contributed by atoms with van der Waals surface area (Å²) in [5.74, 6) is -0.0594. The lowest BCUT2D eigenvalue weighted by Crippen LogP contribution is -2.04. The molecule has 0 unspecified atom stereocenters. The van der Waals surface area contributed by atoms with Crippen LogP contribution in [0.1, 0.15) is 10.4 Å². The summed E-state index contributed by atoms with van der Waals surface area (Å²) in [5, 5.41) is 0. The van der Waals surface area contributed by atoms with Crippen molar-refractivity contribution in [1.29, 1.82) is 0 Å². The molecule has 0 saturated heterocycles. The number of hydrogen-bond donors (Lipinski definition) is 0. The van der Waals surface area contributed by atoms with Gasteiger partial charge in [-0.05, 0) is 46.3 Å². The summed E-state index contributed by atoms with van der Waals surface area (Å²) in [5.41, 5.74) is 1.12. The highest BCUT2D eigenvalue weighted by Gasteiger charge is 2.23. The van der Waals surface area contributed by atoms with Crippen LogP contribution >= 0.6 is 27.3 Å². The monoisotopic (exact) mass is 333 g/mol. The molecule has 0 radical (unpaired) electrons. The summed E-state index contributed by atoms with van der Waals surface area (Å²) in [6, 6.07) is 13.2. The van der Waals surface area contributed by atoms with Crippen molar-refractivity contribution in [3.63, 3.8) is 0 Å². The van der Waals surface area contributed by atoms with Gasteiger partial charge in [0.05, 0.1) is 3.79 Å². The summed E-state index contributed by atoms with van der Waals surface area (Å²) in [7, 11) is 0. The molecule has 0 amide bonds. The van der Waals surface area contributed by atoms with Crippen molar-refractivity contribution in [2.24, 2.45) is 4.99 Å². The van der Waals surface area contributed by atoms with Crippen LogP contribution in [-0.2, 0) is 9.53 Å². The maximum Gasteiger partial charge on any atom is 0.363 e. The Morgan fingerprint density at radius 2 is 1.95 bits per heavy atom. The molecule has 19 heavy (non-hydrogen) atoms. The molecule has 1 aliphatic rings. The fourth-order valence-electron chi connectivity index (χ4n) is 1.65. The Morgan fingerprint density at radius 1 is 1.16 bits per heavy atom. The maximum absolute atomic E-state index is 11.8. The van der Waals surface area contributed by atoms with E-state index < -0.39 is 5.97 Å². The number of esters is 1. The molecule has 0 aliphatic carbocycles. The van der Waals surface area contributed by atoms with Crippen LogP contribution in [-0.4, -0.2) is 11.9 Å². The molecular formula is C14H8BrNO2S. The quantitative estimate of drug-likeness (QED) is 0.618. The van der Waals surface area contributed by atoms with Gasteiger partial charge in [0.15, 0.2) is 5.70 Å². The van der Waals surface area contributed by atoms with Crippen molar-refractivity contribution in [1.82, 2.24) is 0 Å². The molecule has 0 N–H and O–H groups in total. The van der Waals surface area contributed by atoms with Crippen molar-refractivity contribution in [3.05, 3.63) is 62.4 Å². The molecule has 3 rings (SSSR count). The largest absolute Gasteiger partial charge is 0.402 e. The minimum Gasteiger partial charge on any atom is -0.402 e. The molecule has 0 saturated carbocycles. The van der Waals surface area contributed by atoms with E-state index in [0.717, 1.165) is 14.2 Å². The van der Waals surface area contributed by atoms with Gasteiger partial charge in [-0.25, -0.2) is 9.79 Å². The fourth-order valence-corrected chi connectivity index (χ4v) is 3.01. The first kappa shape index (κ1) is 12.3. The van der Waals surface area contributed by atoms with Gasteiger partial charge in [0.2, 0.25) is 5.90 Å². The number of nitrogens with zero attached hydrogens (tertiary/aromatic N) is 1. The van der Waals surface area contributed by atoms with Gasteiger partial charge in [-0.2, -0.15) is 0 Å². The van der Waals surface area contributed by atoms with Gasteiger partial charge in [0.1, 0.15) is 0 Å². The molecule has 1 aliphatic heterocycles. The zero-order chi connectivity index (χ0) is 13.2. The second-order valence-corrected chi connectivity index (χ2v) is 6.34. The Balaban J connectivity index is 1.94. The summed E-state index contributed by atoms with van der Waals surface area (Å²) in [6.45, 7) is 0. The smallest absolute Gasteiger partial charge is 0.363 e. The third kappa shape index (κ3) is 2.67. The zero-order valence-electron chi connectivity index (χ0n) is 9.67. The highest BCUT2D eigenvalue weighted by molar-refractivity contribution is 9.11. The summed E-state index contributed by atoms with van der Waals surface area (Å²) in [4.78, 5) is 17.0. The van der Waals surface area contributed by atoms with E-state index in [0.29, 0.717) is 11.6 Å². The molecule has 5 heteroatoms. The summed E-state index contributed by atoms with van der Waals surface area (Å²) in [6.07, 6.45) is 1.73. The number of hydrogen-bond acceptors (Lipinski definition) is 4. The highest BCUT2D eigenvalue weighted by atomic mass is 79.9. The standard InChI is InChI=1S/C14H8BrNO2S/c15-12-7-6-10(19-12)8-11-14(17)18-13(16-11)9-4-2-1-3-5-9/h1-8H/b11-8-. The first-order chi connectivity index (χ1) is 9.22. The van der Waals surface area contributed by atoms with Gasteiger partial charge in [-0.3, -0.25) is 0 Å². The number of carbonyl (C=O) groups excluding carboxylic acids is 1. The van der Waals surface area contributed by atoms with E-state index in [-0.39, 0.29) is 0 Å². The number of rotatable bonds is 2. The molecule has 3 nitrogen and oxygen atoms in total. The molecule has 0 atom stereocenters. The second-order valence-electron chi connectivity index (χ2n) is 3.84. The number of halogens is 1. The van der Waals surface area contributed by atoms with Crippen molar-refractivity contribution in [2.75, 3.05) is 0 Å². The summed E-state index contributed by atoms with van der Waals surface area (Å²) >= 11 is 4.92. The lowest BCUT2D eigenvalue weighted by Gasteiger charge is -1.97. The van der Waals surface area contributed by atoms with Crippen LogP contribution in [0.3, 0.4) is 0 Å². The average molecular weight is 334 g/mol. The van der Waals surface area contributed by atoms with Crippen LogP contribution in [0.25, 0.3) is 6.08 Å². The molecule has 0 spiro atoms. The van der Waals surface area contributed by atoms with Gasteiger partial charge < -0.3 is 4.74 Å². The van der Waals surface area contributed by atoms with Gasteiger partial charge >= 0.3 is 5.97 Å². The molecule has 1 aromatic carbocycles. The molecule has 2 heterocycles. The molecule has 94 valence electrons. The van der Waals surface area contributed by atoms with E-state index in [4.69, 9.17) is 4.74 Å². The van der Waals surface area contributed by atoms with Crippen LogP contribution in [0, 0.1) is 0 Å². The predicted octanol–water partition coefficient (Wildman–Crippen LogP) is 3.86. The fraction of sp³-hybridized carbons (Fsp3) is 0. The highest BCUT2D eigenvalue weighted by Crippen LogP contribution is 2.26. The number of cyclic esters (lactones) is 1. The van der Waals surface area contributed by atoms with Crippen LogP contribution in [0.5, 0.6) is 0 Å². The number of thiophene rings is 1. The SMILES string of the molecule is O=C1OC(c2ccccc2)=N/C1=C\c1ccc(Br)s1. The first-order valence-corrected chi connectivity index (χ1v) is 7.17. The van der Waals surface area contributed by atoms with Gasteiger partial charge in [-0.1, -0.05) is 18.2 Å². The molecule has 2 aromatic rings. The Bertz CT molecular complexity index is 688. The number of ether oxygens (including phenoxy) is 1. The molecule has 1 aromatic heterocycles. The predicted molar refractivity (Wildman–Crippen MR) is 79.1 cm³/mol. The Morgan fingerprint density at radius 3 is 2.63 bits per heavy atom. The van der Waals surface area contributed by atoms with Crippen LogP contribution in [0.4, 0.5) is 0 Å². The first-order valence-electron chi connectivity index (χ1n) is 5.56. The van der Waals surface area contributed by atoms with Crippen molar-refractivity contribution in [3.8, 4) is 0 Å². The minimum atomic E-state index is -0.414. The van der Waals surface area contributed by atoms with Crippen molar-refractivity contribution < 1.29 is 9.53 Å². The summed E-state index contributed by atoms with van der Waals surface area (Å²) < 4.78 is 6.19. The van der Waals surface area contributed by atoms with Gasteiger partial charge in [0.25, 0.3) is 0 Å². The molecule has 0 bridgehead atoms. The number of carbonyl (C=O) groups is 1. The lowest BCUT2D eigenvalue weighted by atomic mass is 10.2. The Hall–Kier alpha value is -1.72. The maximum atomic E-state index is 11.8. The minimum absolute atomic E-state index is 0.327. The second kappa shape index (κ2) is 5.11. The average Bonchev–Trinajstić information content (AvgIpc) is 2.98. The third-order valence-electron chi connectivity index (χ3n) is 2.51. The normalized spacial score (nSPS) is 16.6. The van der Waals surface area contributed by atoms with E-state index in [1.54, 1.807) is 6.08 Å². The van der Waals surface area contributed by atoms with E-state index >= 15 is 0 Å². The molecule has 0 fully saturated rings. The third-order valence-corrected chi connectivity index (χ3v) is 4.08. The Labute approximate surface area is 122 Å². The van der Waals surface area contributed by atoms with Crippen molar-refractivity contribution in [2.45, 2.75) is 0 Å². The Kier molecular flexibility index (Phi) is 3.31. The van der Waals surface area contributed by atoms with E-state index in [1.807, 2.05) is 42.5 Å². The number of aliphatic imine (C=N–C) groups is 1. The topological polar surface area (TPSA) is 38.7 Å². The van der Waals surface area contributed by atoms with Gasteiger partial charge in [0, 0.05) is 10.4 Å². The van der Waals surface area contributed by atoms with Crippen LogP contribution < -0.4 is 0 Å². The van der Waals surface area contributed by atoms with Gasteiger partial charge in [-0.15, -0.1) is 11.3 Å². The molecular weight excluding hydrogens is 326 g/mol. The number of benzene rings is 1. The zero-order valence-corrected chi connectivity index (χ0v) is 12.1. The van der Waals surface area contributed by atoms with E-state index in [9.17, 15) is 4.79 Å². The van der Waals surface area contributed by atoms with Crippen LogP contribution in [0.15, 0.2) is 56.9 Å². The lowest BCUT2D eigenvalue weighted by molar-refractivity contribution is -0.129.